The van der Waals surface area contributed by atoms with E-state index in [0.29, 0.717) is 4.47 Å². The zero-order valence-electron chi connectivity index (χ0n) is 7.04. The maximum absolute atomic E-state index is 12.5. The van der Waals surface area contributed by atoms with Crippen LogP contribution < -0.4 is 5.73 Å². The molecule has 14 heavy (non-hydrogen) atoms. The standard InChI is InChI=1S/C8H6Br2F3N/c1-3-2-4(9)7(14)6(10)5(3)8(11,12)13/h2H,14H2,1H3. The second-order valence-electron chi connectivity index (χ2n) is 2.78. The summed E-state index contributed by atoms with van der Waals surface area (Å²) in [4.78, 5) is 0. The third kappa shape index (κ3) is 2.06. The Hall–Kier alpha value is -0.230. The molecule has 0 radical (unpaired) electrons. The van der Waals surface area contributed by atoms with Crippen molar-refractivity contribution >= 4 is 37.5 Å². The summed E-state index contributed by atoms with van der Waals surface area (Å²) in [5.41, 5.74) is 4.92. The van der Waals surface area contributed by atoms with Gasteiger partial charge in [0.1, 0.15) is 0 Å². The van der Waals surface area contributed by atoms with Crippen molar-refractivity contribution in [2.75, 3.05) is 5.73 Å². The minimum absolute atomic E-state index is 0.0583. The lowest BCUT2D eigenvalue weighted by atomic mass is 10.1. The van der Waals surface area contributed by atoms with E-state index in [1.54, 1.807) is 0 Å². The van der Waals surface area contributed by atoms with Gasteiger partial charge in [0.2, 0.25) is 0 Å². The van der Waals surface area contributed by atoms with Gasteiger partial charge in [0.25, 0.3) is 0 Å². The quantitative estimate of drug-likeness (QED) is 0.710. The van der Waals surface area contributed by atoms with Gasteiger partial charge in [-0.3, -0.25) is 0 Å². The molecule has 0 unspecified atom stereocenters. The monoisotopic (exact) mass is 331 g/mol. The van der Waals surface area contributed by atoms with E-state index in [1.165, 1.54) is 13.0 Å². The number of nitrogen functional groups attached to an aromatic ring is 1. The third-order valence-electron chi connectivity index (χ3n) is 1.73. The highest BCUT2D eigenvalue weighted by molar-refractivity contribution is 9.11. The number of benzene rings is 1. The first-order valence-corrected chi connectivity index (χ1v) is 5.15. The first kappa shape index (κ1) is 11.8. The second kappa shape index (κ2) is 3.73. The van der Waals surface area contributed by atoms with E-state index in [1.807, 2.05) is 0 Å². The Morgan fingerprint density at radius 2 is 1.79 bits per heavy atom. The number of hydrogen-bond donors (Lipinski definition) is 1. The van der Waals surface area contributed by atoms with E-state index < -0.39 is 11.7 Å². The number of hydrogen-bond acceptors (Lipinski definition) is 1. The van der Waals surface area contributed by atoms with E-state index in [4.69, 9.17) is 5.73 Å². The van der Waals surface area contributed by atoms with Crippen molar-refractivity contribution in [3.05, 3.63) is 26.1 Å². The van der Waals surface area contributed by atoms with Crippen LogP contribution in [-0.4, -0.2) is 0 Å². The molecule has 0 aliphatic carbocycles. The molecule has 1 aromatic carbocycles. The average Bonchev–Trinajstić information content (AvgIpc) is 1.97. The number of anilines is 1. The molecule has 0 saturated carbocycles. The van der Waals surface area contributed by atoms with Crippen molar-refractivity contribution in [2.45, 2.75) is 13.1 Å². The number of aryl methyl sites for hydroxylation is 1. The van der Waals surface area contributed by atoms with Gasteiger partial charge in [-0.1, -0.05) is 0 Å². The summed E-state index contributed by atoms with van der Waals surface area (Å²) in [5.74, 6) is 0. The van der Waals surface area contributed by atoms with Crippen LogP contribution in [0.5, 0.6) is 0 Å². The smallest absolute Gasteiger partial charge is 0.397 e. The van der Waals surface area contributed by atoms with Crippen LogP contribution in [0, 0.1) is 6.92 Å². The minimum Gasteiger partial charge on any atom is -0.397 e. The van der Waals surface area contributed by atoms with Crippen molar-refractivity contribution in [1.29, 1.82) is 0 Å². The topological polar surface area (TPSA) is 26.0 Å². The molecule has 1 nitrogen and oxygen atoms in total. The Bertz CT molecular complexity index is 374. The van der Waals surface area contributed by atoms with E-state index >= 15 is 0 Å². The van der Waals surface area contributed by atoms with Crippen molar-refractivity contribution < 1.29 is 13.2 Å². The summed E-state index contributed by atoms with van der Waals surface area (Å²) in [5, 5.41) is 0. The summed E-state index contributed by atoms with van der Waals surface area (Å²) < 4.78 is 37.9. The van der Waals surface area contributed by atoms with Crippen LogP contribution in [-0.2, 0) is 6.18 Å². The molecular formula is C8H6Br2F3N. The highest BCUT2D eigenvalue weighted by atomic mass is 79.9. The lowest BCUT2D eigenvalue weighted by molar-refractivity contribution is -0.138. The van der Waals surface area contributed by atoms with E-state index in [9.17, 15) is 13.2 Å². The molecule has 1 aromatic rings. The molecule has 0 saturated heterocycles. The Kier molecular flexibility index (Phi) is 3.16. The summed E-state index contributed by atoms with van der Waals surface area (Å²) >= 11 is 5.92. The van der Waals surface area contributed by atoms with Crippen LogP contribution in [0.3, 0.4) is 0 Å². The maximum Gasteiger partial charge on any atom is 0.417 e. The number of nitrogens with two attached hydrogens (primary N) is 1. The maximum atomic E-state index is 12.5. The Balaban J connectivity index is 3.53. The summed E-state index contributed by atoms with van der Waals surface area (Å²) in [6.07, 6.45) is -4.39. The molecule has 0 bridgehead atoms. The van der Waals surface area contributed by atoms with Crippen LogP contribution in [0.1, 0.15) is 11.1 Å². The van der Waals surface area contributed by atoms with Gasteiger partial charge in [-0.2, -0.15) is 13.2 Å². The molecule has 0 aliphatic rings. The van der Waals surface area contributed by atoms with Crippen molar-refractivity contribution in [3.8, 4) is 0 Å². The molecule has 0 fully saturated rings. The fraction of sp³-hybridized carbons (Fsp3) is 0.250. The van der Waals surface area contributed by atoms with Crippen LogP contribution in [0.2, 0.25) is 0 Å². The number of rotatable bonds is 0. The van der Waals surface area contributed by atoms with Crippen molar-refractivity contribution in [2.24, 2.45) is 0 Å². The van der Waals surface area contributed by atoms with Crippen LogP contribution in [0.4, 0.5) is 18.9 Å². The van der Waals surface area contributed by atoms with Gasteiger partial charge in [0, 0.05) is 4.47 Å². The molecule has 0 amide bonds. The van der Waals surface area contributed by atoms with Gasteiger partial charge >= 0.3 is 6.18 Å². The molecule has 1 rings (SSSR count). The van der Waals surface area contributed by atoms with Crippen LogP contribution in [0.25, 0.3) is 0 Å². The zero-order chi connectivity index (χ0) is 11.1. The number of halogens is 5. The SMILES string of the molecule is Cc1cc(Br)c(N)c(Br)c1C(F)(F)F. The lowest BCUT2D eigenvalue weighted by Crippen LogP contribution is -2.10. The fourth-order valence-electron chi connectivity index (χ4n) is 1.10. The summed E-state index contributed by atoms with van der Waals surface area (Å²) in [6, 6.07) is 1.35. The molecule has 0 heterocycles. The predicted octanol–water partition coefficient (Wildman–Crippen LogP) is 4.12. The summed E-state index contributed by atoms with van der Waals surface area (Å²) in [6.45, 7) is 1.39. The van der Waals surface area contributed by atoms with E-state index in [2.05, 4.69) is 31.9 Å². The molecule has 0 atom stereocenters. The lowest BCUT2D eigenvalue weighted by Gasteiger charge is -2.14. The van der Waals surface area contributed by atoms with Crippen molar-refractivity contribution in [1.82, 2.24) is 0 Å². The minimum atomic E-state index is -4.39. The first-order chi connectivity index (χ1) is 6.25. The largest absolute Gasteiger partial charge is 0.417 e. The summed E-state index contributed by atoms with van der Waals surface area (Å²) in [7, 11) is 0. The normalized spacial score (nSPS) is 11.9. The van der Waals surface area contributed by atoms with Gasteiger partial charge < -0.3 is 5.73 Å². The van der Waals surface area contributed by atoms with Crippen molar-refractivity contribution in [3.63, 3.8) is 0 Å². The predicted molar refractivity (Wildman–Crippen MR) is 56.0 cm³/mol. The number of alkyl halides is 3. The molecule has 0 spiro atoms. The molecule has 0 aliphatic heterocycles. The Morgan fingerprint density at radius 1 is 1.29 bits per heavy atom. The fourth-order valence-corrected chi connectivity index (χ4v) is 2.66. The van der Waals surface area contributed by atoms with Gasteiger partial charge in [-0.15, -0.1) is 0 Å². The zero-order valence-corrected chi connectivity index (χ0v) is 10.2. The Morgan fingerprint density at radius 3 is 2.21 bits per heavy atom. The highest BCUT2D eigenvalue weighted by Gasteiger charge is 2.36. The highest BCUT2D eigenvalue weighted by Crippen LogP contribution is 2.42. The Labute approximate surface area is 95.7 Å². The van der Waals surface area contributed by atoms with Gasteiger partial charge in [0.15, 0.2) is 0 Å². The van der Waals surface area contributed by atoms with E-state index in [-0.39, 0.29) is 15.7 Å². The molecular weight excluding hydrogens is 327 g/mol. The van der Waals surface area contributed by atoms with E-state index in [0.717, 1.165) is 0 Å². The van der Waals surface area contributed by atoms with Crippen LogP contribution in [0.15, 0.2) is 15.0 Å². The molecule has 6 heteroatoms. The second-order valence-corrected chi connectivity index (χ2v) is 4.42. The van der Waals surface area contributed by atoms with Gasteiger partial charge in [-0.25, -0.2) is 0 Å². The third-order valence-corrected chi connectivity index (χ3v) is 3.21. The molecule has 0 aromatic heterocycles. The van der Waals surface area contributed by atoms with Gasteiger partial charge in [0.05, 0.1) is 15.7 Å². The molecule has 78 valence electrons. The van der Waals surface area contributed by atoms with Gasteiger partial charge in [-0.05, 0) is 50.4 Å². The van der Waals surface area contributed by atoms with Crippen LogP contribution >= 0.6 is 31.9 Å². The first-order valence-electron chi connectivity index (χ1n) is 3.56. The molecule has 2 N–H and O–H groups in total. The average molecular weight is 333 g/mol.